The maximum atomic E-state index is 5.40. The molecular formula is C11H16N2OS. The quantitative estimate of drug-likeness (QED) is 0.824. The first kappa shape index (κ1) is 9.75. The fourth-order valence-electron chi connectivity index (χ4n) is 2.26. The molecule has 0 aliphatic carbocycles. The first-order valence-corrected chi connectivity index (χ1v) is 6.49. The van der Waals surface area contributed by atoms with Crippen LogP contribution in [0.2, 0.25) is 0 Å². The van der Waals surface area contributed by atoms with Crippen LogP contribution < -0.4 is 5.32 Å². The van der Waals surface area contributed by atoms with E-state index in [1.54, 1.807) is 0 Å². The molecule has 0 radical (unpaired) electrons. The van der Waals surface area contributed by atoms with E-state index in [9.17, 15) is 0 Å². The van der Waals surface area contributed by atoms with Crippen molar-refractivity contribution in [3.63, 3.8) is 0 Å². The van der Waals surface area contributed by atoms with E-state index in [1.807, 2.05) is 11.3 Å². The summed E-state index contributed by atoms with van der Waals surface area (Å²) < 4.78 is 5.40. The van der Waals surface area contributed by atoms with Crippen molar-refractivity contribution in [2.24, 2.45) is 5.92 Å². The van der Waals surface area contributed by atoms with Crippen LogP contribution in [0.1, 0.15) is 22.0 Å². The zero-order chi connectivity index (χ0) is 10.1. The Bertz CT molecular complexity index is 321. The number of aromatic nitrogens is 1. The Morgan fingerprint density at radius 2 is 2.53 bits per heavy atom. The number of thiazole rings is 1. The molecule has 2 aliphatic heterocycles. The summed E-state index contributed by atoms with van der Waals surface area (Å²) in [4.78, 5) is 6.19. The van der Waals surface area contributed by atoms with Crippen LogP contribution in [0.3, 0.4) is 0 Å². The summed E-state index contributed by atoms with van der Waals surface area (Å²) in [7, 11) is 0. The molecule has 1 aromatic heterocycles. The number of rotatable bonds is 2. The summed E-state index contributed by atoms with van der Waals surface area (Å²) in [6, 6.07) is 0. The SMILES string of the molecule is C1Cc2nc(CC3CCOC3)sc2CN1. The number of nitrogens with one attached hydrogen (secondary N) is 1. The van der Waals surface area contributed by atoms with Crippen LogP contribution in [-0.2, 0) is 24.1 Å². The third-order valence-corrected chi connectivity index (χ3v) is 4.25. The molecule has 4 heteroatoms. The molecule has 3 nitrogen and oxygen atoms in total. The van der Waals surface area contributed by atoms with Gasteiger partial charge in [-0.2, -0.15) is 0 Å². The first-order valence-electron chi connectivity index (χ1n) is 5.68. The Kier molecular flexibility index (Phi) is 2.73. The summed E-state index contributed by atoms with van der Waals surface area (Å²) in [6.07, 6.45) is 3.44. The van der Waals surface area contributed by atoms with Crippen molar-refractivity contribution in [1.82, 2.24) is 10.3 Å². The topological polar surface area (TPSA) is 34.1 Å². The standard InChI is InChI=1S/C11H16N2OS/c1-3-12-6-10-9(1)13-11(15-10)5-8-2-4-14-7-8/h8,12H,1-7H2. The number of hydrogen-bond donors (Lipinski definition) is 1. The van der Waals surface area contributed by atoms with Crippen molar-refractivity contribution in [1.29, 1.82) is 0 Å². The normalized spacial score (nSPS) is 25.5. The Balaban J connectivity index is 1.72. The molecule has 0 aromatic carbocycles. The number of hydrogen-bond acceptors (Lipinski definition) is 4. The van der Waals surface area contributed by atoms with Crippen molar-refractivity contribution in [2.75, 3.05) is 19.8 Å². The van der Waals surface area contributed by atoms with Gasteiger partial charge in [0.05, 0.1) is 10.7 Å². The molecule has 1 unspecified atom stereocenters. The van der Waals surface area contributed by atoms with Gasteiger partial charge in [0.2, 0.25) is 0 Å². The lowest BCUT2D eigenvalue weighted by atomic mass is 10.1. The van der Waals surface area contributed by atoms with Gasteiger partial charge in [-0.3, -0.25) is 0 Å². The summed E-state index contributed by atoms with van der Waals surface area (Å²) in [6.45, 7) is 3.98. The van der Waals surface area contributed by atoms with Gasteiger partial charge in [-0.25, -0.2) is 4.98 Å². The predicted molar refractivity (Wildman–Crippen MR) is 60.2 cm³/mol. The van der Waals surface area contributed by atoms with E-state index in [2.05, 4.69) is 5.32 Å². The van der Waals surface area contributed by atoms with E-state index in [-0.39, 0.29) is 0 Å². The van der Waals surface area contributed by atoms with Crippen molar-refractivity contribution in [3.05, 3.63) is 15.6 Å². The van der Waals surface area contributed by atoms with Crippen LogP contribution in [0.15, 0.2) is 0 Å². The lowest BCUT2D eigenvalue weighted by Gasteiger charge is -2.09. The second-order valence-electron chi connectivity index (χ2n) is 4.34. The van der Waals surface area contributed by atoms with Gasteiger partial charge in [0.25, 0.3) is 0 Å². The van der Waals surface area contributed by atoms with Gasteiger partial charge >= 0.3 is 0 Å². The highest BCUT2D eigenvalue weighted by molar-refractivity contribution is 7.11. The molecule has 0 spiro atoms. The Hall–Kier alpha value is -0.450. The number of ether oxygens (including phenoxy) is 1. The van der Waals surface area contributed by atoms with Crippen LogP contribution in [0.4, 0.5) is 0 Å². The molecule has 0 bridgehead atoms. The second-order valence-corrected chi connectivity index (χ2v) is 5.51. The van der Waals surface area contributed by atoms with Gasteiger partial charge in [0.1, 0.15) is 0 Å². The highest BCUT2D eigenvalue weighted by atomic mass is 32.1. The Morgan fingerprint density at radius 3 is 3.33 bits per heavy atom. The molecule has 0 saturated carbocycles. The average Bonchev–Trinajstić information content (AvgIpc) is 2.86. The number of nitrogens with zero attached hydrogens (tertiary/aromatic N) is 1. The highest BCUT2D eigenvalue weighted by Crippen LogP contribution is 2.25. The molecule has 1 N–H and O–H groups in total. The summed E-state index contributed by atoms with van der Waals surface area (Å²) in [5.74, 6) is 0.713. The fraction of sp³-hybridized carbons (Fsp3) is 0.727. The lowest BCUT2D eigenvalue weighted by Crippen LogP contribution is -2.22. The van der Waals surface area contributed by atoms with Crippen molar-refractivity contribution in [2.45, 2.75) is 25.8 Å². The number of fused-ring (bicyclic) bond motifs is 1. The maximum Gasteiger partial charge on any atom is 0.0935 e. The van der Waals surface area contributed by atoms with Crippen molar-refractivity contribution in [3.8, 4) is 0 Å². The molecule has 1 atom stereocenters. The minimum Gasteiger partial charge on any atom is -0.381 e. The van der Waals surface area contributed by atoms with Gasteiger partial charge in [-0.05, 0) is 12.3 Å². The van der Waals surface area contributed by atoms with Gasteiger partial charge in [-0.1, -0.05) is 0 Å². The molecule has 3 rings (SSSR count). The predicted octanol–water partition coefficient (Wildman–Crippen LogP) is 1.37. The zero-order valence-electron chi connectivity index (χ0n) is 8.79. The van der Waals surface area contributed by atoms with Crippen molar-refractivity contribution < 1.29 is 4.74 Å². The molecular weight excluding hydrogens is 208 g/mol. The van der Waals surface area contributed by atoms with E-state index >= 15 is 0 Å². The van der Waals surface area contributed by atoms with Gasteiger partial charge in [0.15, 0.2) is 0 Å². The first-order chi connectivity index (χ1) is 7.42. The molecule has 1 saturated heterocycles. The maximum absolute atomic E-state index is 5.40. The fourth-order valence-corrected chi connectivity index (χ4v) is 3.46. The largest absolute Gasteiger partial charge is 0.381 e. The van der Waals surface area contributed by atoms with E-state index in [0.717, 1.165) is 39.1 Å². The second kappa shape index (κ2) is 4.20. The van der Waals surface area contributed by atoms with Gasteiger partial charge in [0, 0.05) is 44.0 Å². The minimum absolute atomic E-state index is 0.713. The summed E-state index contributed by atoms with van der Waals surface area (Å²) >= 11 is 1.89. The van der Waals surface area contributed by atoms with Crippen LogP contribution >= 0.6 is 11.3 Å². The molecule has 1 fully saturated rings. The molecule has 3 heterocycles. The van der Waals surface area contributed by atoms with E-state index < -0.39 is 0 Å². The monoisotopic (exact) mass is 224 g/mol. The van der Waals surface area contributed by atoms with E-state index in [4.69, 9.17) is 9.72 Å². The Morgan fingerprint density at radius 1 is 1.53 bits per heavy atom. The average molecular weight is 224 g/mol. The molecule has 2 aliphatic rings. The third-order valence-electron chi connectivity index (χ3n) is 3.13. The van der Waals surface area contributed by atoms with Gasteiger partial charge in [-0.15, -0.1) is 11.3 Å². The molecule has 82 valence electrons. The van der Waals surface area contributed by atoms with Crippen molar-refractivity contribution >= 4 is 11.3 Å². The highest BCUT2D eigenvalue weighted by Gasteiger charge is 2.20. The van der Waals surface area contributed by atoms with Crippen LogP contribution in [0.5, 0.6) is 0 Å². The van der Waals surface area contributed by atoms with Gasteiger partial charge < -0.3 is 10.1 Å². The smallest absolute Gasteiger partial charge is 0.0935 e. The molecule has 1 aromatic rings. The van der Waals surface area contributed by atoms with Crippen LogP contribution in [0, 0.1) is 5.92 Å². The van der Waals surface area contributed by atoms with Crippen LogP contribution in [0.25, 0.3) is 0 Å². The third kappa shape index (κ3) is 2.07. The van der Waals surface area contributed by atoms with E-state index in [0.29, 0.717) is 5.92 Å². The molecule has 15 heavy (non-hydrogen) atoms. The van der Waals surface area contributed by atoms with Crippen LogP contribution in [-0.4, -0.2) is 24.7 Å². The summed E-state index contributed by atoms with van der Waals surface area (Å²) in [5, 5.41) is 4.71. The summed E-state index contributed by atoms with van der Waals surface area (Å²) in [5.41, 5.74) is 1.34. The Labute approximate surface area is 93.9 Å². The lowest BCUT2D eigenvalue weighted by molar-refractivity contribution is 0.186. The zero-order valence-corrected chi connectivity index (χ0v) is 9.61. The molecule has 0 amide bonds. The van der Waals surface area contributed by atoms with E-state index in [1.165, 1.54) is 22.0 Å². The minimum atomic E-state index is 0.713.